The van der Waals surface area contributed by atoms with Crippen LogP contribution in [0.2, 0.25) is 0 Å². The number of benzene rings is 7. The molecule has 0 aliphatic rings. The number of allylic oxidation sites excluding steroid dienone is 1. The number of anilines is 6. The van der Waals surface area contributed by atoms with Gasteiger partial charge in [0.25, 0.3) is 0 Å². The van der Waals surface area contributed by atoms with Gasteiger partial charge in [0.15, 0.2) is 0 Å². The number of pyridine rings is 2. The Bertz CT molecular complexity index is 2800. The lowest BCUT2D eigenvalue weighted by atomic mass is 9.87. The van der Waals surface area contributed by atoms with Crippen LogP contribution < -0.4 is 9.80 Å². The minimum Gasteiger partial charge on any atom is -0.310 e. The maximum Gasteiger partial charge on any atom is 0.0541 e. The van der Waals surface area contributed by atoms with Gasteiger partial charge >= 0.3 is 0 Å². The third-order valence-corrected chi connectivity index (χ3v) is 10.7. The molecule has 0 fully saturated rings. The van der Waals surface area contributed by atoms with Crippen LogP contribution in [0.25, 0.3) is 50.5 Å². The fourth-order valence-electron chi connectivity index (χ4n) is 8.25. The summed E-state index contributed by atoms with van der Waals surface area (Å²) in [7, 11) is 0. The summed E-state index contributed by atoms with van der Waals surface area (Å²) in [6, 6.07) is 48.1. The molecule has 0 saturated heterocycles. The molecule has 9 aromatic rings. The second-order valence-corrected chi connectivity index (χ2v) is 14.5. The van der Waals surface area contributed by atoms with E-state index in [1.54, 1.807) is 0 Å². The molecule has 2 heterocycles. The third-order valence-electron chi connectivity index (χ3n) is 10.7. The van der Waals surface area contributed by atoms with Crippen molar-refractivity contribution in [1.29, 1.82) is 0 Å². The second kappa shape index (κ2) is 14.7. The molecule has 4 heteroatoms. The van der Waals surface area contributed by atoms with Crippen LogP contribution >= 0.6 is 0 Å². The summed E-state index contributed by atoms with van der Waals surface area (Å²) >= 11 is 0. The van der Waals surface area contributed by atoms with E-state index in [1.807, 2.05) is 24.8 Å². The topological polar surface area (TPSA) is 32.3 Å². The van der Waals surface area contributed by atoms with Crippen LogP contribution in [0.3, 0.4) is 0 Å². The Morgan fingerprint density at radius 3 is 1.43 bits per heavy atom. The normalized spacial score (nSPS) is 11.8. The highest BCUT2D eigenvalue weighted by Gasteiger charge is 2.22. The van der Waals surface area contributed by atoms with E-state index < -0.39 is 0 Å². The van der Waals surface area contributed by atoms with E-state index in [1.165, 1.54) is 49.0 Å². The first kappa shape index (κ1) is 34.7. The summed E-state index contributed by atoms with van der Waals surface area (Å²) in [4.78, 5) is 13.4. The van der Waals surface area contributed by atoms with Gasteiger partial charge in [-0.2, -0.15) is 0 Å². The maximum absolute atomic E-state index is 4.38. The van der Waals surface area contributed by atoms with E-state index in [2.05, 4.69) is 205 Å². The smallest absolute Gasteiger partial charge is 0.0541 e. The largest absolute Gasteiger partial charge is 0.310 e. The van der Waals surface area contributed by atoms with Gasteiger partial charge < -0.3 is 9.80 Å². The number of hydrogen-bond donors (Lipinski definition) is 0. The van der Waals surface area contributed by atoms with Crippen molar-refractivity contribution in [3.8, 4) is 0 Å². The Morgan fingerprint density at radius 2 is 0.911 bits per heavy atom. The molecule has 0 saturated carbocycles. The summed E-state index contributed by atoms with van der Waals surface area (Å²) in [5, 5.41) is 7.93. The first-order chi connectivity index (χ1) is 27.5. The predicted octanol–water partition coefficient (Wildman–Crippen LogP) is 14.4. The molecule has 270 valence electrons. The molecule has 0 aliphatic heterocycles. The molecule has 56 heavy (non-hydrogen) atoms. The molecular weight excluding hydrogens is 681 g/mol. The molecule has 2 aromatic heterocycles. The highest BCUT2D eigenvalue weighted by Crippen LogP contribution is 2.45. The van der Waals surface area contributed by atoms with Crippen molar-refractivity contribution in [2.45, 2.75) is 27.7 Å². The first-order valence-electron chi connectivity index (χ1n) is 19.2. The first-order valence-corrected chi connectivity index (χ1v) is 19.2. The maximum atomic E-state index is 4.38. The average molecular weight is 723 g/mol. The zero-order valence-corrected chi connectivity index (χ0v) is 32.1. The summed E-state index contributed by atoms with van der Waals surface area (Å²) in [5.41, 5.74) is 13.5. The van der Waals surface area contributed by atoms with Crippen LogP contribution in [-0.2, 0) is 0 Å². The predicted molar refractivity (Wildman–Crippen MR) is 239 cm³/mol. The van der Waals surface area contributed by atoms with Crippen molar-refractivity contribution in [2.75, 3.05) is 9.80 Å². The van der Waals surface area contributed by atoms with Crippen LogP contribution in [-0.4, -0.2) is 9.97 Å². The molecule has 0 atom stereocenters. The number of nitrogens with zero attached hydrogens (tertiary/aromatic N) is 4. The fourth-order valence-corrected chi connectivity index (χ4v) is 8.25. The number of para-hydroxylation sites is 2. The Hall–Kier alpha value is -7.04. The Morgan fingerprint density at radius 1 is 0.446 bits per heavy atom. The Labute approximate surface area is 328 Å². The molecule has 0 bridgehead atoms. The van der Waals surface area contributed by atoms with Gasteiger partial charge in [-0.1, -0.05) is 85.0 Å². The van der Waals surface area contributed by atoms with Gasteiger partial charge in [0.1, 0.15) is 0 Å². The van der Waals surface area contributed by atoms with Gasteiger partial charge in [0, 0.05) is 58.7 Å². The molecule has 0 spiro atoms. The van der Waals surface area contributed by atoms with Crippen molar-refractivity contribution in [2.24, 2.45) is 0 Å². The van der Waals surface area contributed by atoms with E-state index in [-0.39, 0.29) is 0 Å². The van der Waals surface area contributed by atoms with Crippen molar-refractivity contribution in [3.63, 3.8) is 0 Å². The summed E-state index contributed by atoms with van der Waals surface area (Å²) < 4.78 is 0. The van der Waals surface area contributed by atoms with E-state index in [0.29, 0.717) is 0 Å². The minimum absolute atomic E-state index is 1.03. The van der Waals surface area contributed by atoms with Crippen molar-refractivity contribution in [1.82, 2.24) is 9.97 Å². The number of aromatic nitrogens is 2. The molecule has 0 aliphatic carbocycles. The van der Waals surface area contributed by atoms with E-state index in [9.17, 15) is 0 Å². The lowest BCUT2D eigenvalue weighted by Crippen LogP contribution is -2.15. The standard InChI is InChI=1S/C52H42N4/c1-5-12-39-33-50(56(44-15-10-7-11-16-44)46-21-25-54-26-22-46)40(34-49(39)55(43-13-8-6-9-14-43)45-19-23-53-24-20-45)18-17-38-31-42-30-36(3)47-28-35(2)27-41-29-37(4)48(32-38)52(42)51(41)47/h5-34H,1-4H3/b12-5+,18-17+. The highest BCUT2D eigenvalue weighted by molar-refractivity contribution is 6.25. The molecule has 4 nitrogen and oxygen atoms in total. The van der Waals surface area contributed by atoms with E-state index in [0.717, 1.165) is 50.8 Å². The Balaban J connectivity index is 1.30. The molecule has 9 rings (SSSR count). The van der Waals surface area contributed by atoms with Crippen molar-refractivity contribution in [3.05, 3.63) is 198 Å². The van der Waals surface area contributed by atoms with Crippen LogP contribution in [0.15, 0.2) is 164 Å². The molecule has 0 amide bonds. The van der Waals surface area contributed by atoms with E-state index >= 15 is 0 Å². The molecule has 0 unspecified atom stereocenters. The van der Waals surface area contributed by atoms with Crippen LogP contribution in [0, 0.1) is 20.8 Å². The minimum atomic E-state index is 1.03. The summed E-state index contributed by atoms with van der Waals surface area (Å²) in [5.74, 6) is 0. The SMILES string of the molecule is C/C=C/c1cc(N(c2ccccc2)c2ccncc2)c(/C=C/c2cc3cc(C)c4cc(C)cc5cc(C)c(c2)c3c54)cc1N(c1ccccc1)c1ccncc1. The monoisotopic (exact) mass is 722 g/mol. The van der Waals surface area contributed by atoms with Crippen molar-refractivity contribution >= 4 is 84.7 Å². The zero-order chi connectivity index (χ0) is 38.2. The summed E-state index contributed by atoms with van der Waals surface area (Å²) in [6.07, 6.45) is 16.3. The molecule has 7 aromatic carbocycles. The lowest BCUT2D eigenvalue weighted by molar-refractivity contribution is 1.22. The molecule has 0 N–H and O–H groups in total. The average Bonchev–Trinajstić information content (AvgIpc) is 3.22. The van der Waals surface area contributed by atoms with Crippen LogP contribution in [0.5, 0.6) is 0 Å². The summed E-state index contributed by atoms with van der Waals surface area (Å²) in [6.45, 7) is 8.75. The van der Waals surface area contributed by atoms with Crippen molar-refractivity contribution < 1.29 is 0 Å². The lowest BCUT2D eigenvalue weighted by Gasteiger charge is -2.31. The van der Waals surface area contributed by atoms with Gasteiger partial charge in [-0.3, -0.25) is 9.97 Å². The highest BCUT2D eigenvalue weighted by atomic mass is 15.2. The molecule has 0 radical (unpaired) electrons. The third kappa shape index (κ3) is 6.35. The van der Waals surface area contributed by atoms with Crippen LogP contribution in [0.1, 0.15) is 40.3 Å². The Kier molecular flexibility index (Phi) is 9.08. The number of aryl methyl sites for hydroxylation is 3. The van der Waals surface area contributed by atoms with Gasteiger partial charge in [-0.15, -0.1) is 0 Å². The molecular formula is C52H42N4. The fraction of sp³-hybridized carbons (Fsp3) is 0.0769. The van der Waals surface area contributed by atoms with Gasteiger partial charge in [-0.05, 0) is 155 Å². The van der Waals surface area contributed by atoms with Gasteiger partial charge in [-0.25, -0.2) is 0 Å². The second-order valence-electron chi connectivity index (χ2n) is 14.5. The van der Waals surface area contributed by atoms with E-state index in [4.69, 9.17) is 0 Å². The van der Waals surface area contributed by atoms with Gasteiger partial charge in [0.05, 0.1) is 11.4 Å². The zero-order valence-electron chi connectivity index (χ0n) is 32.1. The van der Waals surface area contributed by atoms with Gasteiger partial charge in [0.2, 0.25) is 0 Å². The number of hydrogen-bond acceptors (Lipinski definition) is 4. The quantitative estimate of drug-likeness (QED) is 0.110. The van der Waals surface area contributed by atoms with Crippen LogP contribution in [0.4, 0.5) is 34.1 Å². The number of rotatable bonds is 9.